The molecule has 3 unspecified atom stereocenters. The second-order valence-corrected chi connectivity index (χ2v) is 5.36. The van der Waals surface area contributed by atoms with Crippen LogP contribution in [0.5, 0.6) is 0 Å². The van der Waals surface area contributed by atoms with E-state index in [0.29, 0.717) is 6.04 Å². The molecular weight excluding hydrogens is 194 g/mol. The molecule has 1 heteroatoms. The Balaban J connectivity index is 2.13. The monoisotopic (exact) mass is 217 g/mol. The van der Waals surface area contributed by atoms with E-state index >= 15 is 0 Å². The number of nitrogens with one attached hydrogen (secondary N) is 1. The standard InChI is InChI=1S/C15H23N/c1-11-4-7-13(8-5-11)15(16-3)14-9-6-12(2)10-14/h4-5,7-8,12,14-16H,6,9-10H2,1-3H3. The topological polar surface area (TPSA) is 12.0 Å². The average molecular weight is 217 g/mol. The lowest BCUT2D eigenvalue weighted by Gasteiger charge is -2.23. The van der Waals surface area contributed by atoms with Crippen LogP contribution in [0.25, 0.3) is 0 Å². The quantitative estimate of drug-likeness (QED) is 0.814. The van der Waals surface area contributed by atoms with Gasteiger partial charge in [-0.05, 0) is 44.2 Å². The van der Waals surface area contributed by atoms with Crippen molar-refractivity contribution in [3.05, 3.63) is 35.4 Å². The Morgan fingerprint density at radius 2 is 1.88 bits per heavy atom. The zero-order chi connectivity index (χ0) is 11.5. The van der Waals surface area contributed by atoms with Gasteiger partial charge in [-0.25, -0.2) is 0 Å². The first-order chi connectivity index (χ1) is 7.70. The van der Waals surface area contributed by atoms with Crippen LogP contribution in [0.3, 0.4) is 0 Å². The van der Waals surface area contributed by atoms with Crippen molar-refractivity contribution in [2.24, 2.45) is 11.8 Å². The van der Waals surface area contributed by atoms with E-state index in [1.165, 1.54) is 30.4 Å². The second kappa shape index (κ2) is 5.01. The van der Waals surface area contributed by atoms with Gasteiger partial charge in [0.05, 0.1) is 0 Å². The van der Waals surface area contributed by atoms with E-state index in [1.54, 1.807) is 0 Å². The highest BCUT2D eigenvalue weighted by Crippen LogP contribution is 2.38. The molecule has 1 aromatic carbocycles. The fraction of sp³-hybridized carbons (Fsp3) is 0.600. The minimum Gasteiger partial charge on any atom is -0.313 e. The van der Waals surface area contributed by atoms with Crippen LogP contribution in [-0.4, -0.2) is 7.05 Å². The number of hydrogen-bond donors (Lipinski definition) is 1. The highest BCUT2D eigenvalue weighted by Gasteiger charge is 2.28. The van der Waals surface area contributed by atoms with Crippen LogP contribution in [0.1, 0.15) is 43.4 Å². The molecule has 1 saturated carbocycles. The number of aryl methyl sites for hydroxylation is 1. The third-order valence-corrected chi connectivity index (χ3v) is 3.95. The van der Waals surface area contributed by atoms with Crippen molar-refractivity contribution >= 4 is 0 Å². The molecule has 2 rings (SSSR count). The predicted molar refractivity (Wildman–Crippen MR) is 69.5 cm³/mol. The summed E-state index contributed by atoms with van der Waals surface area (Å²) >= 11 is 0. The van der Waals surface area contributed by atoms with E-state index in [1.807, 2.05) is 0 Å². The summed E-state index contributed by atoms with van der Waals surface area (Å²) in [6.45, 7) is 4.53. The molecule has 0 amide bonds. The maximum atomic E-state index is 3.50. The molecular formula is C15H23N. The molecule has 0 radical (unpaired) electrons. The molecule has 16 heavy (non-hydrogen) atoms. The first-order valence-electron chi connectivity index (χ1n) is 6.44. The third-order valence-electron chi connectivity index (χ3n) is 3.95. The Hall–Kier alpha value is -0.820. The normalized spacial score (nSPS) is 26.9. The lowest BCUT2D eigenvalue weighted by molar-refractivity contribution is 0.379. The molecule has 1 aliphatic rings. The van der Waals surface area contributed by atoms with E-state index < -0.39 is 0 Å². The van der Waals surface area contributed by atoms with Crippen molar-refractivity contribution in [3.63, 3.8) is 0 Å². The fourth-order valence-corrected chi connectivity index (χ4v) is 3.00. The van der Waals surface area contributed by atoms with Gasteiger partial charge in [-0.1, -0.05) is 43.2 Å². The second-order valence-electron chi connectivity index (χ2n) is 5.36. The van der Waals surface area contributed by atoms with Crippen LogP contribution in [0.2, 0.25) is 0 Å². The van der Waals surface area contributed by atoms with Gasteiger partial charge in [0.25, 0.3) is 0 Å². The van der Waals surface area contributed by atoms with E-state index in [-0.39, 0.29) is 0 Å². The molecule has 0 spiro atoms. The van der Waals surface area contributed by atoms with Gasteiger partial charge in [-0.2, -0.15) is 0 Å². The predicted octanol–water partition coefficient (Wildman–Crippen LogP) is 3.69. The van der Waals surface area contributed by atoms with Crippen LogP contribution in [0.4, 0.5) is 0 Å². The van der Waals surface area contributed by atoms with Crippen molar-refractivity contribution in [2.75, 3.05) is 7.05 Å². The summed E-state index contributed by atoms with van der Waals surface area (Å²) in [6, 6.07) is 9.54. The van der Waals surface area contributed by atoms with E-state index in [9.17, 15) is 0 Å². The van der Waals surface area contributed by atoms with E-state index in [0.717, 1.165) is 11.8 Å². The Labute approximate surface area is 99.3 Å². The molecule has 1 N–H and O–H groups in total. The number of benzene rings is 1. The molecule has 1 fully saturated rings. The van der Waals surface area contributed by atoms with Crippen molar-refractivity contribution in [1.29, 1.82) is 0 Å². The van der Waals surface area contributed by atoms with Gasteiger partial charge in [0.15, 0.2) is 0 Å². The lowest BCUT2D eigenvalue weighted by Crippen LogP contribution is -2.23. The van der Waals surface area contributed by atoms with Crippen LogP contribution in [-0.2, 0) is 0 Å². The van der Waals surface area contributed by atoms with Gasteiger partial charge < -0.3 is 5.32 Å². The lowest BCUT2D eigenvalue weighted by atomic mass is 9.91. The molecule has 3 atom stereocenters. The molecule has 1 aromatic rings. The molecule has 88 valence electrons. The summed E-state index contributed by atoms with van der Waals surface area (Å²) in [6.07, 6.45) is 4.15. The Morgan fingerprint density at radius 1 is 1.19 bits per heavy atom. The molecule has 1 nitrogen and oxygen atoms in total. The maximum absolute atomic E-state index is 3.50. The highest BCUT2D eigenvalue weighted by atomic mass is 14.9. The van der Waals surface area contributed by atoms with Gasteiger partial charge in [-0.15, -0.1) is 0 Å². The summed E-state index contributed by atoms with van der Waals surface area (Å²) in [5.74, 6) is 1.73. The average Bonchev–Trinajstić information content (AvgIpc) is 2.69. The minimum atomic E-state index is 0.547. The highest BCUT2D eigenvalue weighted by molar-refractivity contribution is 5.24. The van der Waals surface area contributed by atoms with Crippen molar-refractivity contribution in [2.45, 2.75) is 39.2 Å². The summed E-state index contributed by atoms with van der Waals surface area (Å²) < 4.78 is 0. The SMILES string of the molecule is CNC(c1ccc(C)cc1)C1CCC(C)C1. The summed E-state index contributed by atoms with van der Waals surface area (Å²) in [5, 5.41) is 3.50. The van der Waals surface area contributed by atoms with Gasteiger partial charge in [0.1, 0.15) is 0 Å². The van der Waals surface area contributed by atoms with Gasteiger partial charge in [-0.3, -0.25) is 0 Å². The van der Waals surface area contributed by atoms with Gasteiger partial charge in [0.2, 0.25) is 0 Å². The van der Waals surface area contributed by atoms with Gasteiger partial charge in [0, 0.05) is 6.04 Å². The van der Waals surface area contributed by atoms with Crippen LogP contribution >= 0.6 is 0 Å². The van der Waals surface area contributed by atoms with Crippen LogP contribution < -0.4 is 5.32 Å². The maximum Gasteiger partial charge on any atom is 0.0346 e. The summed E-state index contributed by atoms with van der Waals surface area (Å²) in [7, 11) is 2.09. The Morgan fingerprint density at radius 3 is 2.38 bits per heavy atom. The van der Waals surface area contributed by atoms with E-state index in [2.05, 4.69) is 50.5 Å². The largest absolute Gasteiger partial charge is 0.313 e. The van der Waals surface area contributed by atoms with Crippen molar-refractivity contribution < 1.29 is 0 Å². The third kappa shape index (κ3) is 2.46. The number of hydrogen-bond acceptors (Lipinski definition) is 1. The van der Waals surface area contributed by atoms with E-state index in [4.69, 9.17) is 0 Å². The fourth-order valence-electron chi connectivity index (χ4n) is 3.00. The smallest absolute Gasteiger partial charge is 0.0346 e. The zero-order valence-electron chi connectivity index (χ0n) is 10.7. The Kier molecular flexibility index (Phi) is 3.65. The summed E-state index contributed by atoms with van der Waals surface area (Å²) in [4.78, 5) is 0. The first-order valence-corrected chi connectivity index (χ1v) is 6.44. The summed E-state index contributed by atoms with van der Waals surface area (Å²) in [5.41, 5.74) is 2.80. The molecule has 0 bridgehead atoms. The van der Waals surface area contributed by atoms with Crippen molar-refractivity contribution in [1.82, 2.24) is 5.32 Å². The molecule has 0 aliphatic heterocycles. The zero-order valence-corrected chi connectivity index (χ0v) is 10.7. The molecule has 0 aromatic heterocycles. The number of rotatable bonds is 3. The van der Waals surface area contributed by atoms with Crippen LogP contribution in [0, 0.1) is 18.8 Å². The Bertz CT molecular complexity index is 328. The molecule has 0 saturated heterocycles. The van der Waals surface area contributed by atoms with Crippen LogP contribution in [0.15, 0.2) is 24.3 Å². The first kappa shape index (κ1) is 11.7. The minimum absolute atomic E-state index is 0.547. The van der Waals surface area contributed by atoms with Crippen molar-refractivity contribution in [3.8, 4) is 0 Å². The molecule has 1 aliphatic carbocycles. The van der Waals surface area contributed by atoms with Gasteiger partial charge >= 0.3 is 0 Å². The molecule has 0 heterocycles.